The highest BCUT2D eigenvalue weighted by Crippen LogP contribution is 2.24. The lowest BCUT2D eigenvalue weighted by atomic mass is 10.0. The number of fused-ring (bicyclic) bond motifs is 1. The van der Waals surface area contributed by atoms with Crippen LogP contribution in [0.3, 0.4) is 0 Å². The molecule has 0 bridgehead atoms. The van der Waals surface area contributed by atoms with Crippen molar-refractivity contribution in [2.45, 2.75) is 0 Å². The smallest absolute Gasteiger partial charge is 0.195 e. The number of aromatic nitrogens is 1. The van der Waals surface area contributed by atoms with Gasteiger partial charge in [0.05, 0.1) is 0 Å². The van der Waals surface area contributed by atoms with Crippen molar-refractivity contribution in [2.75, 3.05) is 0 Å². The van der Waals surface area contributed by atoms with Crippen LogP contribution in [-0.2, 0) is 7.05 Å². The quantitative estimate of drug-likeness (QED) is 0.641. The van der Waals surface area contributed by atoms with Crippen LogP contribution in [0.2, 0.25) is 0 Å². The first kappa shape index (κ1) is 13.1. The molecule has 2 nitrogen and oxygen atoms in total. The number of halogens is 2. The van der Waals surface area contributed by atoms with Gasteiger partial charge in [-0.1, -0.05) is 34.1 Å². The van der Waals surface area contributed by atoms with Gasteiger partial charge in [-0.3, -0.25) is 4.79 Å². The van der Waals surface area contributed by atoms with Gasteiger partial charge in [0.1, 0.15) is 5.82 Å². The van der Waals surface area contributed by atoms with Crippen molar-refractivity contribution < 1.29 is 9.18 Å². The molecule has 0 fully saturated rings. The second kappa shape index (κ2) is 4.87. The molecule has 0 aliphatic heterocycles. The van der Waals surface area contributed by atoms with E-state index < -0.39 is 5.82 Å². The first-order valence-corrected chi connectivity index (χ1v) is 6.90. The Labute approximate surface area is 124 Å². The van der Waals surface area contributed by atoms with Gasteiger partial charge in [-0.15, -0.1) is 0 Å². The standard InChI is InChI=1S/C16H11BrFNO/c1-19-9-14(13-4-2-3-5-15(13)19)16(20)10-6-11(17)8-12(18)7-10/h2-9H,1H3. The van der Waals surface area contributed by atoms with E-state index in [1.54, 1.807) is 12.3 Å². The average molecular weight is 332 g/mol. The minimum atomic E-state index is -0.428. The average Bonchev–Trinajstić information content (AvgIpc) is 2.75. The highest BCUT2D eigenvalue weighted by Gasteiger charge is 2.16. The number of carbonyl (C=O) groups excluding carboxylic acids is 1. The van der Waals surface area contributed by atoms with Crippen LogP contribution in [0.1, 0.15) is 15.9 Å². The summed E-state index contributed by atoms with van der Waals surface area (Å²) >= 11 is 3.21. The maximum Gasteiger partial charge on any atom is 0.195 e. The molecule has 0 unspecified atom stereocenters. The van der Waals surface area contributed by atoms with E-state index in [0.29, 0.717) is 15.6 Å². The van der Waals surface area contributed by atoms with E-state index in [2.05, 4.69) is 15.9 Å². The summed E-state index contributed by atoms with van der Waals surface area (Å²) in [6.07, 6.45) is 1.78. The molecule has 0 spiro atoms. The molecule has 100 valence electrons. The maximum atomic E-state index is 13.4. The molecule has 3 aromatic rings. The summed E-state index contributed by atoms with van der Waals surface area (Å²) in [6.45, 7) is 0. The van der Waals surface area contributed by atoms with E-state index in [1.165, 1.54) is 12.1 Å². The lowest BCUT2D eigenvalue weighted by Crippen LogP contribution is -2.01. The summed E-state index contributed by atoms with van der Waals surface area (Å²) in [4.78, 5) is 12.6. The van der Waals surface area contributed by atoms with E-state index in [1.807, 2.05) is 35.9 Å². The van der Waals surface area contributed by atoms with Crippen LogP contribution >= 0.6 is 15.9 Å². The Morgan fingerprint density at radius 1 is 1.20 bits per heavy atom. The zero-order valence-corrected chi connectivity index (χ0v) is 12.3. The van der Waals surface area contributed by atoms with Crippen molar-refractivity contribution in [1.29, 1.82) is 0 Å². The van der Waals surface area contributed by atoms with Crippen LogP contribution in [-0.4, -0.2) is 10.4 Å². The van der Waals surface area contributed by atoms with E-state index in [0.717, 1.165) is 10.9 Å². The lowest BCUT2D eigenvalue weighted by Gasteiger charge is -2.01. The number of carbonyl (C=O) groups is 1. The lowest BCUT2D eigenvalue weighted by molar-refractivity contribution is 0.103. The summed E-state index contributed by atoms with van der Waals surface area (Å²) in [6, 6.07) is 11.9. The number of benzene rings is 2. The molecule has 0 saturated heterocycles. The normalized spacial score (nSPS) is 10.9. The van der Waals surface area contributed by atoms with E-state index >= 15 is 0 Å². The fourth-order valence-corrected chi connectivity index (χ4v) is 2.83. The number of hydrogen-bond acceptors (Lipinski definition) is 1. The van der Waals surface area contributed by atoms with Crippen LogP contribution in [0.25, 0.3) is 10.9 Å². The molecule has 0 radical (unpaired) electrons. The highest BCUT2D eigenvalue weighted by atomic mass is 79.9. The molecule has 1 aromatic heterocycles. The SMILES string of the molecule is Cn1cc(C(=O)c2cc(F)cc(Br)c2)c2ccccc21. The first-order valence-electron chi connectivity index (χ1n) is 6.11. The summed E-state index contributed by atoms with van der Waals surface area (Å²) in [5.41, 5.74) is 1.90. The van der Waals surface area contributed by atoms with Crippen molar-refractivity contribution >= 4 is 32.6 Å². The zero-order chi connectivity index (χ0) is 14.3. The molecule has 0 aliphatic carbocycles. The number of aryl methyl sites for hydroxylation is 1. The van der Waals surface area contributed by atoms with Gasteiger partial charge in [-0.05, 0) is 24.3 Å². The molecular weight excluding hydrogens is 321 g/mol. The number of nitrogens with zero attached hydrogens (tertiary/aromatic N) is 1. The van der Waals surface area contributed by atoms with Gasteiger partial charge in [-0.25, -0.2) is 4.39 Å². The van der Waals surface area contributed by atoms with Gasteiger partial charge in [-0.2, -0.15) is 0 Å². The number of hydrogen-bond donors (Lipinski definition) is 0. The fourth-order valence-electron chi connectivity index (χ4n) is 2.36. The maximum absolute atomic E-state index is 13.4. The Morgan fingerprint density at radius 3 is 2.70 bits per heavy atom. The monoisotopic (exact) mass is 331 g/mol. The van der Waals surface area contributed by atoms with Crippen molar-refractivity contribution in [3.63, 3.8) is 0 Å². The molecule has 2 aromatic carbocycles. The summed E-state index contributed by atoms with van der Waals surface area (Å²) in [7, 11) is 1.89. The number of rotatable bonds is 2. The van der Waals surface area contributed by atoms with Crippen LogP contribution in [0.4, 0.5) is 4.39 Å². The van der Waals surface area contributed by atoms with Crippen LogP contribution in [0.15, 0.2) is 53.1 Å². The summed E-state index contributed by atoms with van der Waals surface area (Å²) in [5, 5.41) is 0.875. The third kappa shape index (κ3) is 2.16. The third-order valence-corrected chi connectivity index (χ3v) is 3.72. The minimum Gasteiger partial charge on any atom is -0.350 e. The largest absolute Gasteiger partial charge is 0.350 e. The molecule has 0 aliphatic rings. The van der Waals surface area contributed by atoms with Gasteiger partial charge in [0, 0.05) is 39.7 Å². The van der Waals surface area contributed by atoms with E-state index in [4.69, 9.17) is 0 Å². The van der Waals surface area contributed by atoms with Crippen LogP contribution < -0.4 is 0 Å². The second-order valence-electron chi connectivity index (χ2n) is 4.66. The molecule has 0 atom stereocenters. The fraction of sp³-hybridized carbons (Fsp3) is 0.0625. The van der Waals surface area contributed by atoms with Gasteiger partial charge >= 0.3 is 0 Å². The molecular formula is C16H11BrFNO. The van der Waals surface area contributed by atoms with Crippen molar-refractivity contribution in [2.24, 2.45) is 7.05 Å². The van der Waals surface area contributed by atoms with Gasteiger partial charge in [0.15, 0.2) is 5.78 Å². The molecule has 0 saturated carbocycles. The zero-order valence-electron chi connectivity index (χ0n) is 10.7. The van der Waals surface area contributed by atoms with Crippen molar-refractivity contribution in [3.8, 4) is 0 Å². The van der Waals surface area contributed by atoms with Crippen molar-refractivity contribution in [3.05, 3.63) is 70.1 Å². The Morgan fingerprint density at radius 2 is 1.95 bits per heavy atom. The highest BCUT2D eigenvalue weighted by molar-refractivity contribution is 9.10. The molecule has 4 heteroatoms. The molecule has 0 N–H and O–H groups in total. The van der Waals surface area contributed by atoms with Gasteiger partial charge in [0.2, 0.25) is 0 Å². The topological polar surface area (TPSA) is 22.0 Å². The Kier molecular flexibility index (Phi) is 3.18. The minimum absolute atomic E-state index is 0.179. The number of para-hydroxylation sites is 1. The van der Waals surface area contributed by atoms with Crippen LogP contribution in [0, 0.1) is 5.82 Å². The predicted molar refractivity (Wildman–Crippen MR) is 80.5 cm³/mol. The van der Waals surface area contributed by atoms with Gasteiger partial charge < -0.3 is 4.57 Å². The third-order valence-electron chi connectivity index (χ3n) is 3.27. The van der Waals surface area contributed by atoms with E-state index in [-0.39, 0.29) is 5.78 Å². The molecule has 3 rings (SSSR count). The van der Waals surface area contributed by atoms with Crippen molar-refractivity contribution in [1.82, 2.24) is 4.57 Å². The Hall–Kier alpha value is -1.94. The summed E-state index contributed by atoms with van der Waals surface area (Å²) < 4.78 is 15.9. The first-order chi connectivity index (χ1) is 9.56. The predicted octanol–water partition coefficient (Wildman–Crippen LogP) is 4.31. The second-order valence-corrected chi connectivity index (χ2v) is 5.57. The van der Waals surface area contributed by atoms with Gasteiger partial charge in [0.25, 0.3) is 0 Å². The van der Waals surface area contributed by atoms with Crippen LogP contribution in [0.5, 0.6) is 0 Å². The molecule has 20 heavy (non-hydrogen) atoms. The Balaban J connectivity index is 2.18. The number of ketones is 1. The van der Waals surface area contributed by atoms with E-state index in [9.17, 15) is 9.18 Å². The molecule has 1 heterocycles. The summed E-state index contributed by atoms with van der Waals surface area (Å²) in [5.74, 6) is -0.607. The Bertz CT molecular complexity index is 802. The molecule has 0 amide bonds.